The zero-order valence-corrected chi connectivity index (χ0v) is 13.2. The van der Waals surface area contributed by atoms with Crippen LogP contribution in [-0.2, 0) is 0 Å². The van der Waals surface area contributed by atoms with Gasteiger partial charge in [0, 0.05) is 15.7 Å². The minimum atomic E-state index is -0.188. The highest BCUT2D eigenvalue weighted by atomic mass is 79.9. The van der Waals surface area contributed by atoms with Crippen LogP contribution in [0.2, 0.25) is 5.02 Å². The maximum absolute atomic E-state index is 12.1. The number of carbonyl (C=O) groups excluding carboxylic acids is 1. The Kier molecular flexibility index (Phi) is 5.04. The van der Waals surface area contributed by atoms with E-state index < -0.39 is 0 Å². The van der Waals surface area contributed by atoms with Crippen molar-refractivity contribution in [3.8, 4) is 5.75 Å². The van der Waals surface area contributed by atoms with Gasteiger partial charge in [-0.05, 0) is 43.3 Å². The van der Waals surface area contributed by atoms with E-state index >= 15 is 0 Å². The fourth-order valence-corrected chi connectivity index (χ4v) is 2.32. The number of anilines is 1. The molecule has 0 radical (unpaired) electrons. The monoisotopic (exact) mass is 353 g/mol. The van der Waals surface area contributed by atoms with Crippen LogP contribution in [0.5, 0.6) is 5.75 Å². The van der Waals surface area contributed by atoms with Gasteiger partial charge in [-0.3, -0.25) is 4.79 Å². The lowest BCUT2D eigenvalue weighted by molar-refractivity contribution is 0.102. The summed E-state index contributed by atoms with van der Waals surface area (Å²) in [6.07, 6.45) is 0. The van der Waals surface area contributed by atoms with E-state index in [-0.39, 0.29) is 5.91 Å². The molecule has 2 aromatic carbocycles. The van der Waals surface area contributed by atoms with Gasteiger partial charge < -0.3 is 10.1 Å². The van der Waals surface area contributed by atoms with Crippen molar-refractivity contribution in [1.82, 2.24) is 0 Å². The number of rotatable bonds is 4. The SMILES string of the molecule is CCOc1ccc(NC(=O)c2cccc(Br)c2)cc1Cl. The summed E-state index contributed by atoms with van der Waals surface area (Å²) in [5, 5.41) is 3.27. The van der Waals surface area contributed by atoms with Crippen molar-refractivity contribution in [2.75, 3.05) is 11.9 Å². The van der Waals surface area contributed by atoms with Crippen molar-refractivity contribution in [2.45, 2.75) is 6.92 Å². The van der Waals surface area contributed by atoms with Crippen LogP contribution >= 0.6 is 27.5 Å². The number of benzene rings is 2. The molecule has 0 heterocycles. The second-order valence-corrected chi connectivity index (χ2v) is 5.37. The number of amides is 1. The van der Waals surface area contributed by atoms with E-state index in [1.807, 2.05) is 19.1 Å². The average molecular weight is 355 g/mol. The van der Waals surface area contributed by atoms with E-state index in [9.17, 15) is 4.79 Å². The summed E-state index contributed by atoms with van der Waals surface area (Å²) in [7, 11) is 0. The summed E-state index contributed by atoms with van der Waals surface area (Å²) in [6.45, 7) is 2.43. The lowest BCUT2D eigenvalue weighted by Crippen LogP contribution is -2.11. The lowest BCUT2D eigenvalue weighted by Gasteiger charge is -2.09. The number of ether oxygens (including phenoxy) is 1. The lowest BCUT2D eigenvalue weighted by atomic mass is 10.2. The van der Waals surface area contributed by atoms with Crippen LogP contribution in [0.25, 0.3) is 0 Å². The second-order valence-electron chi connectivity index (χ2n) is 4.04. The first-order valence-electron chi connectivity index (χ1n) is 6.09. The Morgan fingerprint density at radius 3 is 2.75 bits per heavy atom. The van der Waals surface area contributed by atoms with Gasteiger partial charge in [0.1, 0.15) is 5.75 Å². The first-order chi connectivity index (χ1) is 9.60. The number of carbonyl (C=O) groups is 1. The molecule has 3 nitrogen and oxygen atoms in total. The van der Waals surface area contributed by atoms with Crippen LogP contribution in [0.1, 0.15) is 17.3 Å². The number of nitrogens with one attached hydrogen (secondary N) is 1. The Morgan fingerprint density at radius 2 is 2.10 bits per heavy atom. The first-order valence-corrected chi connectivity index (χ1v) is 7.26. The molecule has 104 valence electrons. The highest BCUT2D eigenvalue weighted by Crippen LogP contribution is 2.28. The van der Waals surface area contributed by atoms with E-state index in [0.717, 1.165) is 4.47 Å². The standard InChI is InChI=1S/C15H13BrClNO2/c1-2-20-14-7-6-12(9-13(14)17)18-15(19)10-4-3-5-11(16)8-10/h3-9H,2H2,1H3,(H,18,19). The summed E-state index contributed by atoms with van der Waals surface area (Å²) in [5.74, 6) is 0.418. The molecule has 20 heavy (non-hydrogen) atoms. The summed E-state index contributed by atoms with van der Waals surface area (Å²) >= 11 is 9.42. The zero-order valence-electron chi connectivity index (χ0n) is 10.8. The van der Waals surface area contributed by atoms with E-state index in [2.05, 4.69) is 21.2 Å². The molecule has 0 aliphatic heterocycles. The van der Waals surface area contributed by atoms with Gasteiger partial charge in [-0.1, -0.05) is 33.6 Å². The Bertz CT molecular complexity index is 631. The van der Waals surface area contributed by atoms with Gasteiger partial charge in [0.05, 0.1) is 11.6 Å². The highest BCUT2D eigenvalue weighted by molar-refractivity contribution is 9.10. The van der Waals surface area contributed by atoms with Crippen molar-refractivity contribution in [2.24, 2.45) is 0 Å². The molecule has 2 rings (SSSR count). The average Bonchev–Trinajstić information content (AvgIpc) is 2.42. The van der Waals surface area contributed by atoms with Crippen molar-refractivity contribution in [1.29, 1.82) is 0 Å². The Balaban J connectivity index is 2.14. The third kappa shape index (κ3) is 3.74. The number of halogens is 2. The predicted molar refractivity (Wildman–Crippen MR) is 84.7 cm³/mol. The summed E-state index contributed by atoms with van der Waals surface area (Å²) in [5.41, 5.74) is 1.20. The van der Waals surface area contributed by atoms with Gasteiger partial charge >= 0.3 is 0 Å². The molecular weight excluding hydrogens is 342 g/mol. The highest BCUT2D eigenvalue weighted by Gasteiger charge is 2.08. The van der Waals surface area contributed by atoms with E-state index in [4.69, 9.17) is 16.3 Å². The van der Waals surface area contributed by atoms with Crippen molar-refractivity contribution < 1.29 is 9.53 Å². The minimum Gasteiger partial charge on any atom is -0.492 e. The molecule has 0 spiro atoms. The number of hydrogen-bond acceptors (Lipinski definition) is 2. The van der Waals surface area contributed by atoms with Gasteiger partial charge in [0.15, 0.2) is 0 Å². The predicted octanol–water partition coefficient (Wildman–Crippen LogP) is 4.75. The fourth-order valence-electron chi connectivity index (χ4n) is 1.68. The molecule has 0 saturated heterocycles. The minimum absolute atomic E-state index is 0.188. The molecule has 0 aromatic heterocycles. The van der Waals surface area contributed by atoms with Crippen LogP contribution in [0.15, 0.2) is 46.9 Å². The Labute approximate surface area is 131 Å². The molecular formula is C15H13BrClNO2. The molecule has 0 aliphatic carbocycles. The van der Waals surface area contributed by atoms with Gasteiger partial charge in [-0.25, -0.2) is 0 Å². The van der Waals surface area contributed by atoms with Crippen molar-refractivity contribution >= 4 is 39.1 Å². The van der Waals surface area contributed by atoms with Crippen LogP contribution in [0, 0.1) is 0 Å². The molecule has 0 unspecified atom stereocenters. The Hall–Kier alpha value is -1.52. The van der Waals surface area contributed by atoms with Gasteiger partial charge in [0.2, 0.25) is 0 Å². The maximum Gasteiger partial charge on any atom is 0.255 e. The molecule has 1 N–H and O–H groups in total. The zero-order chi connectivity index (χ0) is 14.5. The molecule has 0 aliphatic rings. The topological polar surface area (TPSA) is 38.3 Å². The quantitative estimate of drug-likeness (QED) is 0.860. The van der Waals surface area contributed by atoms with Crippen molar-refractivity contribution in [3.63, 3.8) is 0 Å². The van der Waals surface area contributed by atoms with E-state index in [1.165, 1.54) is 0 Å². The summed E-state index contributed by atoms with van der Waals surface area (Å²) in [6, 6.07) is 12.3. The van der Waals surface area contributed by atoms with Gasteiger partial charge in [-0.15, -0.1) is 0 Å². The molecule has 0 bridgehead atoms. The summed E-state index contributed by atoms with van der Waals surface area (Å²) in [4.78, 5) is 12.1. The normalized spacial score (nSPS) is 10.2. The van der Waals surface area contributed by atoms with Crippen LogP contribution in [-0.4, -0.2) is 12.5 Å². The number of hydrogen-bond donors (Lipinski definition) is 1. The largest absolute Gasteiger partial charge is 0.492 e. The van der Waals surface area contributed by atoms with Crippen LogP contribution < -0.4 is 10.1 Å². The van der Waals surface area contributed by atoms with Crippen LogP contribution in [0.4, 0.5) is 5.69 Å². The first kappa shape index (κ1) is 14.9. The van der Waals surface area contributed by atoms with Crippen molar-refractivity contribution in [3.05, 3.63) is 57.5 Å². The molecule has 1 amide bonds. The van der Waals surface area contributed by atoms with E-state index in [1.54, 1.807) is 30.3 Å². The third-order valence-electron chi connectivity index (χ3n) is 2.58. The van der Waals surface area contributed by atoms with Gasteiger partial charge in [0.25, 0.3) is 5.91 Å². The molecule has 5 heteroatoms. The van der Waals surface area contributed by atoms with E-state index in [0.29, 0.717) is 28.6 Å². The maximum atomic E-state index is 12.1. The molecule has 0 saturated carbocycles. The molecule has 2 aromatic rings. The molecule has 0 fully saturated rings. The summed E-state index contributed by atoms with van der Waals surface area (Å²) < 4.78 is 6.20. The smallest absolute Gasteiger partial charge is 0.255 e. The Morgan fingerprint density at radius 1 is 1.30 bits per heavy atom. The third-order valence-corrected chi connectivity index (χ3v) is 3.37. The molecule has 0 atom stereocenters. The fraction of sp³-hybridized carbons (Fsp3) is 0.133. The van der Waals surface area contributed by atoms with Crippen LogP contribution in [0.3, 0.4) is 0 Å². The van der Waals surface area contributed by atoms with Gasteiger partial charge in [-0.2, -0.15) is 0 Å². The second kappa shape index (κ2) is 6.77.